The smallest absolute Gasteiger partial charge is 0.155 e. The highest BCUT2D eigenvalue weighted by Crippen LogP contribution is 2.39. The van der Waals surface area contributed by atoms with Gasteiger partial charge in [-0.05, 0) is 92.6 Å². The fourth-order valence-electron chi connectivity index (χ4n) is 5.76. The van der Waals surface area contributed by atoms with Gasteiger partial charge in [0, 0.05) is 35.4 Å². The standard InChI is InChI=1S/C29H33N7/c1-18(2)28-24-14-22(21-8-11-35(12-9-21)15-23-7-10-30-20(4)33-23)5-6-26(24)34-29(28)25-16-36-27(13-19(25)3)31-17-32-36/h5-7,10,13-14,16-18,21,34H,8-9,11-12,15H2,1-4H3. The van der Waals surface area contributed by atoms with Crippen molar-refractivity contribution in [1.82, 2.24) is 34.4 Å². The minimum atomic E-state index is 0.396. The zero-order valence-electron chi connectivity index (χ0n) is 21.5. The Labute approximate surface area is 211 Å². The molecular weight excluding hydrogens is 446 g/mol. The molecule has 0 spiro atoms. The highest BCUT2D eigenvalue weighted by atomic mass is 15.3. The first-order chi connectivity index (χ1) is 17.5. The van der Waals surface area contributed by atoms with Crippen LogP contribution in [-0.4, -0.2) is 47.5 Å². The monoisotopic (exact) mass is 479 g/mol. The molecule has 1 aliphatic rings. The maximum Gasteiger partial charge on any atom is 0.155 e. The summed E-state index contributed by atoms with van der Waals surface area (Å²) in [6, 6.07) is 11.2. The molecule has 1 fully saturated rings. The average molecular weight is 480 g/mol. The van der Waals surface area contributed by atoms with E-state index in [1.165, 1.54) is 51.7 Å². The van der Waals surface area contributed by atoms with Crippen LogP contribution in [0.5, 0.6) is 0 Å². The van der Waals surface area contributed by atoms with Gasteiger partial charge < -0.3 is 4.98 Å². The van der Waals surface area contributed by atoms with E-state index < -0.39 is 0 Å². The van der Waals surface area contributed by atoms with Gasteiger partial charge in [0.25, 0.3) is 0 Å². The van der Waals surface area contributed by atoms with Crippen LogP contribution in [0.15, 0.2) is 49.1 Å². The van der Waals surface area contributed by atoms with Crippen LogP contribution in [0.3, 0.4) is 0 Å². The largest absolute Gasteiger partial charge is 0.354 e. The lowest BCUT2D eigenvalue weighted by atomic mass is 9.87. The number of aromatic amines is 1. The van der Waals surface area contributed by atoms with Crippen LogP contribution in [0, 0.1) is 13.8 Å². The van der Waals surface area contributed by atoms with E-state index in [9.17, 15) is 0 Å². The summed E-state index contributed by atoms with van der Waals surface area (Å²) in [4.78, 5) is 19.4. The normalized spacial score (nSPS) is 15.5. The first kappa shape index (κ1) is 22.9. The molecule has 1 N–H and O–H groups in total. The van der Waals surface area contributed by atoms with Crippen LogP contribution in [0.4, 0.5) is 0 Å². The maximum absolute atomic E-state index is 4.59. The third-order valence-corrected chi connectivity index (χ3v) is 7.61. The number of hydrogen-bond acceptors (Lipinski definition) is 5. The van der Waals surface area contributed by atoms with E-state index in [1.807, 2.05) is 23.7 Å². The predicted molar refractivity (Wildman–Crippen MR) is 143 cm³/mol. The molecule has 7 nitrogen and oxygen atoms in total. The van der Waals surface area contributed by atoms with Gasteiger partial charge in [-0.3, -0.25) is 4.90 Å². The number of fused-ring (bicyclic) bond motifs is 2. The van der Waals surface area contributed by atoms with Crippen LogP contribution in [0.2, 0.25) is 0 Å². The van der Waals surface area contributed by atoms with Crippen LogP contribution in [-0.2, 0) is 6.54 Å². The van der Waals surface area contributed by atoms with Gasteiger partial charge in [0.1, 0.15) is 12.2 Å². The number of aromatic nitrogens is 6. The van der Waals surface area contributed by atoms with Crippen LogP contribution in [0.1, 0.15) is 66.7 Å². The molecule has 0 aliphatic carbocycles. The van der Waals surface area contributed by atoms with Gasteiger partial charge in [-0.25, -0.2) is 19.5 Å². The summed E-state index contributed by atoms with van der Waals surface area (Å²) in [5.41, 5.74) is 9.61. The number of likely N-dealkylation sites (tertiary alicyclic amines) is 1. The third-order valence-electron chi connectivity index (χ3n) is 7.61. The molecule has 7 heteroatoms. The first-order valence-corrected chi connectivity index (χ1v) is 12.9. The molecule has 5 aromatic rings. The van der Waals surface area contributed by atoms with Gasteiger partial charge in [-0.1, -0.05) is 19.9 Å². The Bertz CT molecular complexity index is 1540. The topological polar surface area (TPSA) is 75.0 Å². The van der Waals surface area contributed by atoms with Crippen LogP contribution >= 0.6 is 0 Å². The summed E-state index contributed by atoms with van der Waals surface area (Å²) in [6.07, 6.45) is 7.92. The van der Waals surface area contributed by atoms with E-state index in [2.05, 4.69) is 81.2 Å². The molecule has 0 amide bonds. The van der Waals surface area contributed by atoms with Crippen molar-refractivity contribution in [1.29, 1.82) is 0 Å². The lowest BCUT2D eigenvalue weighted by molar-refractivity contribution is 0.202. The van der Waals surface area contributed by atoms with Crippen LogP contribution in [0.25, 0.3) is 27.8 Å². The number of H-pyrrole nitrogens is 1. The molecule has 0 atom stereocenters. The van der Waals surface area contributed by atoms with E-state index >= 15 is 0 Å². The summed E-state index contributed by atoms with van der Waals surface area (Å²) in [5, 5.41) is 5.71. The summed E-state index contributed by atoms with van der Waals surface area (Å²) in [5.74, 6) is 1.83. The third kappa shape index (κ3) is 4.17. The van der Waals surface area contributed by atoms with Crippen molar-refractivity contribution in [2.75, 3.05) is 13.1 Å². The van der Waals surface area contributed by atoms with E-state index in [0.29, 0.717) is 11.8 Å². The molecule has 0 radical (unpaired) electrons. The molecule has 0 saturated carbocycles. The Balaban J connectivity index is 1.28. The molecular formula is C29H33N7. The zero-order chi connectivity index (χ0) is 24.8. The summed E-state index contributed by atoms with van der Waals surface area (Å²) in [6.45, 7) is 11.8. The van der Waals surface area contributed by atoms with Gasteiger partial charge in [0.15, 0.2) is 5.65 Å². The van der Waals surface area contributed by atoms with Gasteiger partial charge in [-0.2, -0.15) is 5.10 Å². The Morgan fingerprint density at radius 2 is 1.89 bits per heavy atom. The summed E-state index contributed by atoms with van der Waals surface area (Å²) >= 11 is 0. The van der Waals surface area contributed by atoms with E-state index in [4.69, 9.17) is 0 Å². The quantitative estimate of drug-likeness (QED) is 0.345. The number of nitrogens with one attached hydrogen (secondary N) is 1. The zero-order valence-corrected chi connectivity index (χ0v) is 21.5. The van der Waals surface area contributed by atoms with Gasteiger partial charge >= 0.3 is 0 Å². The van der Waals surface area contributed by atoms with Crippen molar-refractivity contribution in [2.24, 2.45) is 0 Å². The van der Waals surface area contributed by atoms with Gasteiger partial charge in [-0.15, -0.1) is 0 Å². The predicted octanol–water partition coefficient (Wildman–Crippen LogP) is 5.79. The molecule has 0 unspecified atom stereocenters. The molecule has 4 aromatic heterocycles. The van der Waals surface area contributed by atoms with E-state index in [-0.39, 0.29) is 0 Å². The second-order valence-corrected chi connectivity index (χ2v) is 10.5. The highest BCUT2D eigenvalue weighted by molar-refractivity contribution is 5.92. The Morgan fingerprint density at radius 3 is 2.67 bits per heavy atom. The lowest BCUT2D eigenvalue weighted by Gasteiger charge is -2.32. The van der Waals surface area contributed by atoms with Crippen molar-refractivity contribution in [3.05, 3.63) is 77.3 Å². The van der Waals surface area contributed by atoms with Crippen molar-refractivity contribution in [3.63, 3.8) is 0 Å². The summed E-state index contributed by atoms with van der Waals surface area (Å²) in [7, 11) is 0. The Kier molecular flexibility index (Phi) is 5.80. The molecule has 36 heavy (non-hydrogen) atoms. The molecule has 5 heterocycles. The number of hydrogen-bond donors (Lipinski definition) is 1. The van der Waals surface area contributed by atoms with E-state index in [1.54, 1.807) is 6.33 Å². The SMILES string of the molecule is Cc1nccc(CN2CCC(c3ccc4[nH]c(-c5cn6ncnc6cc5C)c(C(C)C)c4c3)CC2)n1. The Hall–Kier alpha value is -3.58. The number of benzene rings is 1. The van der Waals surface area contributed by atoms with Crippen molar-refractivity contribution >= 4 is 16.6 Å². The molecule has 1 aliphatic heterocycles. The Morgan fingerprint density at radius 1 is 1.06 bits per heavy atom. The number of nitrogens with zero attached hydrogens (tertiary/aromatic N) is 6. The molecule has 0 bridgehead atoms. The maximum atomic E-state index is 4.59. The number of aryl methyl sites for hydroxylation is 2. The van der Waals surface area contributed by atoms with Crippen LogP contribution < -0.4 is 0 Å². The minimum Gasteiger partial charge on any atom is -0.354 e. The molecule has 6 rings (SSSR count). The number of rotatable bonds is 5. The molecule has 1 saturated heterocycles. The van der Waals surface area contributed by atoms with Crippen molar-refractivity contribution < 1.29 is 0 Å². The second kappa shape index (κ2) is 9.13. The second-order valence-electron chi connectivity index (χ2n) is 10.5. The number of piperidine rings is 1. The minimum absolute atomic E-state index is 0.396. The van der Waals surface area contributed by atoms with Crippen molar-refractivity contribution in [2.45, 2.75) is 58.9 Å². The first-order valence-electron chi connectivity index (χ1n) is 12.9. The fraction of sp³-hybridized carbons (Fsp3) is 0.379. The average Bonchev–Trinajstić information content (AvgIpc) is 3.47. The molecule has 184 valence electrons. The van der Waals surface area contributed by atoms with Gasteiger partial charge in [0.2, 0.25) is 0 Å². The van der Waals surface area contributed by atoms with Crippen molar-refractivity contribution in [3.8, 4) is 11.3 Å². The number of pyridine rings is 1. The summed E-state index contributed by atoms with van der Waals surface area (Å²) < 4.78 is 1.86. The highest BCUT2D eigenvalue weighted by Gasteiger charge is 2.23. The molecule has 1 aromatic carbocycles. The lowest BCUT2D eigenvalue weighted by Crippen LogP contribution is -2.32. The van der Waals surface area contributed by atoms with E-state index in [0.717, 1.165) is 36.8 Å². The van der Waals surface area contributed by atoms with Gasteiger partial charge in [0.05, 0.1) is 11.4 Å². The fourth-order valence-corrected chi connectivity index (χ4v) is 5.76.